The number of rotatable bonds is 4. The van der Waals surface area contributed by atoms with Gasteiger partial charge in [0.1, 0.15) is 0 Å². The summed E-state index contributed by atoms with van der Waals surface area (Å²) < 4.78 is 11.3. The smallest absolute Gasteiger partial charge is 0.0936 e. The first kappa shape index (κ1) is 12.9. The van der Waals surface area contributed by atoms with Crippen LogP contribution in [0.15, 0.2) is 0 Å². The standard InChI is InChI=1S/C14H26N2O2/c1-2-15-11-7-12-3-4-13(8-11)16(12)9-14-10-17-5-6-18-14/h11-15H,2-10H2,1H3. The van der Waals surface area contributed by atoms with Crippen molar-refractivity contribution < 1.29 is 9.47 Å². The van der Waals surface area contributed by atoms with Crippen LogP contribution in [0.25, 0.3) is 0 Å². The van der Waals surface area contributed by atoms with E-state index in [1.54, 1.807) is 0 Å². The van der Waals surface area contributed by atoms with Gasteiger partial charge in [0.2, 0.25) is 0 Å². The van der Waals surface area contributed by atoms with Crippen LogP contribution < -0.4 is 5.32 Å². The summed E-state index contributed by atoms with van der Waals surface area (Å²) in [6.45, 7) is 6.71. The lowest BCUT2D eigenvalue weighted by molar-refractivity contribution is -0.104. The van der Waals surface area contributed by atoms with E-state index < -0.39 is 0 Å². The van der Waals surface area contributed by atoms with Crippen molar-refractivity contribution in [3.8, 4) is 0 Å². The molecule has 0 radical (unpaired) electrons. The molecule has 3 unspecified atom stereocenters. The van der Waals surface area contributed by atoms with Crippen molar-refractivity contribution in [1.82, 2.24) is 10.2 Å². The monoisotopic (exact) mass is 254 g/mol. The minimum absolute atomic E-state index is 0.303. The second kappa shape index (κ2) is 5.87. The Morgan fingerprint density at radius 1 is 1.17 bits per heavy atom. The molecule has 18 heavy (non-hydrogen) atoms. The Kier molecular flexibility index (Phi) is 4.19. The van der Waals surface area contributed by atoms with Crippen molar-refractivity contribution in [3.63, 3.8) is 0 Å². The van der Waals surface area contributed by atoms with Gasteiger partial charge in [0.05, 0.1) is 25.9 Å². The molecule has 3 heterocycles. The third-order valence-electron chi connectivity index (χ3n) is 4.68. The van der Waals surface area contributed by atoms with Gasteiger partial charge in [0, 0.05) is 24.7 Å². The van der Waals surface area contributed by atoms with E-state index in [9.17, 15) is 0 Å². The van der Waals surface area contributed by atoms with Gasteiger partial charge in [0.25, 0.3) is 0 Å². The fraction of sp³-hybridized carbons (Fsp3) is 1.00. The van der Waals surface area contributed by atoms with Crippen LogP contribution in [-0.2, 0) is 9.47 Å². The van der Waals surface area contributed by atoms with E-state index >= 15 is 0 Å². The molecule has 4 heteroatoms. The summed E-state index contributed by atoms with van der Waals surface area (Å²) in [6.07, 6.45) is 5.69. The van der Waals surface area contributed by atoms with Crippen LogP contribution in [0.2, 0.25) is 0 Å². The highest BCUT2D eigenvalue weighted by molar-refractivity contribution is 4.98. The van der Waals surface area contributed by atoms with Crippen LogP contribution in [0.4, 0.5) is 0 Å². The van der Waals surface area contributed by atoms with Gasteiger partial charge in [-0.3, -0.25) is 4.90 Å². The van der Waals surface area contributed by atoms with Crippen LogP contribution in [0.5, 0.6) is 0 Å². The van der Waals surface area contributed by atoms with Crippen LogP contribution >= 0.6 is 0 Å². The molecular formula is C14H26N2O2. The molecular weight excluding hydrogens is 228 g/mol. The first-order valence-corrected chi connectivity index (χ1v) is 7.55. The Labute approximate surface area is 110 Å². The maximum atomic E-state index is 5.80. The molecule has 4 nitrogen and oxygen atoms in total. The Morgan fingerprint density at radius 3 is 2.56 bits per heavy atom. The molecule has 3 rings (SSSR count). The summed E-state index contributed by atoms with van der Waals surface area (Å²) >= 11 is 0. The van der Waals surface area contributed by atoms with Crippen LogP contribution in [-0.4, -0.2) is 62.0 Å². The zero-order chi connectivity index (χ0) is 12.4. The Morgan fingerprint density at radius 2 is 1.94 bits per heavy atom. The first-order valence-electron chi connectivity index (χ1n) is 7.55. The SMILES string of the molecule is CCNC1CC2CCC(C1)N2CC1COCCO1. The summed E-state index contributed by atoms with van der Waals surface area (Å²) in [7, 11) is 0. The number of ether oxygens (including phenoxy) is 2. The molecule has 2 bridgehead atoms. The Bertz CT molecular complexity index is 255. The van der Waals surface area contributed by atoms with Crippen molar-refractivity contribution in [2.75, 3.05) is 32.9 Å². The lowest BCUT2D eigenvalue weighted by atomic mass is 9.97. The average Bonchev–Trinajstić information content (AvgIpc) is 2.63. The molecule has 0 saturated carbocycles. The second-order valence-electron chi connectivity index (χ2n) is 5.88. The zero-order valence-electron chi connectivity index (χ0n) is 11.4. The highest BCUT2D eigenvalue weighted by Gasteiger charge is 2.41. The van der Waals surface area contributed by atoms with Gasteiger partial charge in [-0.2, -0.15) is 0 Å². The number of piperidine rings is 1. The normalized spacial score (nSPS) is 41.2. The van der Waals surface area contributed by atoms with E-state index in [4.69, 9.17) is 9.47 Å². The Balaban J connectivity index is 1.54. The topological polar surface area (TPSA) is 33.7 Å². The molecule has 0 aromatic carbocycles. The predicted octanol–water partition coefficient (Wildman–Crippen LogP) is 1.01. The zero-order valence-corrected chi connectivity index (χ0v) is 11.4. The van der Waals surface area contributed by atoms with Crippen molar-refractivity contribution in [2.24, 2.45) is 0 Å². The quantitative estimate of drug-likeness (QED) is 0.812. The van der Waals surface area contributed by atoms with E-state index in [0.717, 1.165) is 51.0 Å². The van der Waals surface area contributed by atoms with Gasteiger partial charge < -0.3 is 14.8 Å². The van der Waals surface area contributed by atoms with E-state index in [0.29, 0.717) is 6.10 Å². The van der Waals surface area contributed by atoms with Gasteiger partial charge in [-0.15, -0.1) is 0 Å². The van der Waals surface area contributed by atoms with Gasteiger partial charge >= 0.3 is 0 Å². The third kappa shape index (κ3) is 2.72. The van der Waals surface area contributed by atoms with Gasteiger partial charge in [-0.25, -0.2) is 0 Å². The second-order valence-corrected chi connectivity index (χ2v) is 5.88. The van der Waals surface area contributed by atoms with E-state index in [-0.39, 0.29) is 0 Å². The highest BCUT2D eigenvalue weighted by atomic mass is 16.6. The molecule has 0 aromatic rings. The maximum Gasteiger partial charge on any atom is 0.0936 e. The lowest BCUT2D eigenvalue weighted by Gasteiger charge is -2.41. The third-order valence-corrected chi connectivity index (χ3v) is 4.68. The summed E-state index contributed by atoms with van der Waals surface area (Å²) in [5.74, 6) is 0. The average molecular weight is 254 g/mol. The number of fused-ring (bicyclic) bond motifs is 2. The molecule has 3 fully saturated rings. The number of hydrogen-bond donors (Lipinski definition) is 1. The fourth-order valence-electron chi connectivity index (χ4n) is 3.90. The lowest BCUT2D eigenvalue weighted by Crippen LogP contribution is -2.52. The molecule has 3 atom stereocenters. The van der Waals surface area contributed by atoms with Crippen LogP contribution in [0.3, 0.4) is 0 Å². The van der Waals surface area contributed by atoms with Gasteiger partial charge in [-0.05, 0) is 32.2 Å². The predicted molar refractivity (Wildman–Crippen MR) is 70.8 cm³/mol. The first-order chi connectivity index (χ1) is 8.86. The van der Waals surface area contributed by atoms with Crippen molar-refractivity contribution in [3.05, 3.63) is 0 Å². The summed E-state index contributed by atoms with van der Waals surface area (Å²) in [4.78, 5) is 2.70. The maximum absolute atomic E-state index is 5.80. The van der Waals surface area contributed by atoms with Crippen molar-refractivity contribution in [2.45, 2.75) is 56.8 Å². The fourth-order valence-corrected chi connectivity index (χ4v) is 3.90. The largest absolute Gasteiger partial charge is 0.376 e. The molecule has 3 aliphatic heterocycles. The molecule has 104 valence electrons. The van der Waals surface area contributed by atoms with E-state index in [2.05, 4.69) is 17.1 Å². The number of nitrogens with one attached hydrogen (secondary N) is 1. The minimum atomic E-state index is 0.303. The van der Waals surface area contributed by atoms with Gasteiger partial charge in [0.15, 0.2) is 0 Å². The molecule has 1 N–H and O–H groups in total. The summed E-state index contributed by atoms with van der Waals surface area (Å²) in [5, 5.41) is 3.63. The Hall–Kier alpha value is -0.160. The molecule has 0 aromatic heterocycles. The minimum Gasteiger partial charge on any atom is -0.376 e. The van der Waals surface area contributed by atoms with Crippen LogP contribution in [0, 0.1) is 0 Å². The molecule has 0 amide bonds. The molecule has 3 saturated heterocycles. The number of nitrogens with zero attached hydrogens (tertiary/aromatic N) is 1. The molecule has 0 spiro atoms. The summed E-state index contributed by atoms with van der Waals surface area (Å²) in [5.41, 5.74) is 0. The number of hydrogen-bond acceptors (Lipinski definition) is 4. The molecule has 0 aliphatic carbocycles. The molecule has 3 aliphatic rings. The summed E-state index contributed by atoms with van der Waals surface area (Å²) in [6, 6.07) is 2.30. The van der Waals surface area contributed by atoms with E-state index in [1.165, 1.54) is 25.7 Å². The van der Waals surface area contributed by atoms with Gasteiger partial charge in [-0.1, -0.05) is 6.92 Å². The van der Waals surface area contributed by atoms with Crippen molar-refractivity contribution in [1.29, 1.82) is 0 Å². The van der Waals surface area contributed by atoms with E-state index in [1.807, 2.05) is 0 Å². The highest BCUT2D eigenvalue weighted by Crippen LogP contribution is 2.36. The van der Waals surface area contributed by atoms with Crippen LogP contribution in [0.1, 0.15) is 32.6 Å². The van der Waals surface area contributed by atoms with Crippen molar-refractivity contribution >= 4 is 0 Å².